The third kappa shape index (κ3) is 6.09. The van der Waals surface area contributed by atoms with Crippen molar-refractivity contribution in [3.63, 3.8) is 0 Å². The number of hydrogen-bond acceptors (Lipinski definition) is 4. The highest BCUT2D eigenvalue weighted by Crippen LogP contribution is 2.26. The zero-order valence-electron chi connectivity index (χ0n) is 19.7. The summed E-state index contributed by atoms with van der Waals surface area (Å²) in [5.41, 5.74) is 3.51. The molecule has 1 amide bonds. The Bertz CT molecular complexity index is 1000. The first-order chi connectivity index (χ1) is 16.1. The van der Waals surface area contributed by atoms with Crippen LogP contribution in [0.1, 0.15) is 37.4 Å². The van der Waals surface area contributed by atoms with Crippen LogP contribution in [0.3, 0.4) is 0 Å². The molecule has 1 aliphatic heterocycles. The van der Waals surface area contributed by atoms with Crippen LogP contribution in [0.15, 0.2) is 73.1 Å². The van der Waals surface area contributed by atoms with E-state index >= 15 is 0 Å². The Balaban J connectivity index is 1.22. The standard InChI is InChI=1S/C27H35N5O/c1-3-30(26-15-17-31(20-26)22(2)24-10-6-4-7-11-24)21-27(33)28-16-14-23-18-29-32(19-23)25-12-8-5-9-13-25/h4-13,18-19,22,26H,3,14-17,20-21H2,1-2H3,(H,28,33). The maximum absolute atomic E-state index is 12.6. The topological polar surface area (TPSA) is 53.4 Å². The molecule has 1 fully saturated rings. The lowest BCUT2D eigenvalue weighted by atomic mass is 10.1. The van der Waals surface area contributed by atoms with Gasteiger partial charge < -0.3 is 5.32 Å². The maximum atomic E-state index is 12.6. The normalized spacial score (nSPS) is 17.4. The first kappa shape index (κ1) is 23.2. The number of carbonyl (C=O) groups excluding carboxylic acids is 1. The van der Waals surface area contributed by atoms with Gasteiger partial charge in [-0.3, -0.25) is 14.6 Å². The number of nitrogens with zero attached hydrogens (tertiary/aromatic N) is 4. The van der Waals surface area contributed by atoms with Gasteiger partial charge in [0.05, 0.1) is 18.4 Å². The van der Waals surface area contributed by atoms with E-state index in [0.29, 0.717) is 25.2 Å². The van der Waals surface area contributed by atoms with E-state index < -0.39 is 0 Å². The number of carbonyl (C=O) groups is 1. The van der Waals surface area contributed by atoms with Crippen LogP contribution in [0.2, 0.25) is 0 Å². The number of rotatable bonds is 10. The molecule has 1 aromatic heterocycles. The van der Waals surface area contributed by atoms with Crippen molar-refractivity contribution in [3.05, 3.63) is 84.2 Å². The summed E-state index contributed by atoms with van der Waals surface area (Å²) >= 11 is 0. The van der Waals surface area contributed by atoms with E-state index in [9.17, 15) is 4.79 Å². The molecule has 2 aromatic carbocycles. The number of nitrogens with one attached hydrogen (secondary N) is 1. The Kier molecular flexibility index (Phi) is 7.92. The highest BCUT2D eigenvalue weighted by Gasteiger charge is 2.30. The van der Waals surface area contributed by atoms with Gasteiger partial charge >= 0.3 is 0 Å². The first-order valence-electron chi connectivity index (χ1n) is 12.0. The van der Waals surface area contributed by atoms with E-state index in [1.807, 2.05) is 47.4 Å². The number of benzene rings is 2. The third-order valence-electron chi connectivity index (χ3n) is 6.69. The van der Waals surface area contributed by atoms with Crippen LogP contribution >= 0.6 is 0 Å². The second-order valence-corrected chi connectivity index (χ2v) is 8.82. The lowest BCUT2D eigenvalue weighted by molar-refractivity contribution is -0.122. The Morgan fingerprint density at radius 2 is 1.88 bits per heavy atom. The molecule has 1 N–H and O–H groups in total. The fourth-order valence-electron chi connectivity index (χ4n) is 4.66. The average Bonchev–Trinajstić information content (AvgIpc) is 3.54. The average molecular weight is 446 g/mol. The van der Waals surface area contributed by atoms with Crippen LogP contribution < -0.4 is 5.32 Å². The van der Waals surface area contributed by atoms with Gasteiger partial charge in [-0.25, -0.2) is 4.68 Å². The molecule has 0 saturated carbocycles. The highest BCUT2D eigenvalue weighted by molar-refractivity contribution is 5.78. The number of amides is 1. The molecule has 174 valence electrons. The van der Waals surface area contributed by atoms with Crippen LogP contribution in [0, 0.1) is 0 Å². The van der Waals surface area contributed by atoms with E-state index in [-0.39, 0.29) is 5.91 Å². The quantitative estimate of drug-likeness (QED) is 0.517. The van der Waals surface area contributed by atoms with Gasteiger partial charge in [0, 0.05) is 37.9 Å². The minimum atomic E-state index is 0.0989. The number of likely N-dealkylation sites (N-methyl/N-ethyl adjacent to an activating group) is 1. The van der Waals surface area contributed by atoms with E-state index in [2.05, 4.69) is 64.4 Å². The minimum absolute atomic E-state index is 0.0989. The summed E-state index contributed by atoms with van der Waals surface area (Å²) in [6.07, 6.45) is 5.78. The van der Waals surface area contributed by atoms with Crippen molar-refractivity contribution in [2.24, 2.45) is 0 Å². The van der Waals surface area contributed by atoms with Crippen molar-refractivity contribution in [1.29, 1.82) is 0 Å². The van der Waals surface area contributed by atoms with Gasteiger partial charge in [0.1, 0.15) is 0 Å². The summed E-state index contributed by atoms with van der Waals surface area (Å²) in [6, 6.07) is 21.6. The Labute approximate surface area is 197 Å². The molecule has 0 aliphatic carbocycles. The number of para-hydroxylation sites is 1. The van der Waals surface area contributed by atoms with Gasteiger partial charge in [0.2, 0.25) is 5.91 Å². The molecule has 6 heteroatoms. The summed E-state index contributed by atoms with van der Waals surface area (Å²) in [4.78, 5) is 17.5. The molecule has 2 heterocycles. The van der Waals surface area contributed by atoms with Crippen molar-refractivity contribution in [3.8, 4) is 5.69 Å². The van der Waals surface area contributed by atoms with Gasteiger partial charge in [-0.15, -0.1) is 0 Å². The Hall–Kier alpha value is -2.96. The van der Waals surface area contributed by atoms with Crippen molar-refractivity contribution in [1.82, 2.24) is 24.9 Å². The smallest absolute Gasteiger partial charge is 0.234 e. The van der Waals surface area contributed by atoms with Crippen molar-refractivity contribution in [2.45, 2.75) is 38.8 Å². The van der Waals surface area contributed by atoms with Gasteiger partial charge in [-0.2, -0.15) is 5.10 Å². The van der Waals surface area contributed by atoms with E-state index in [1.54, 1.807) is 0 Å². The fraction of sp³-hybridized carbons (Fsp3) is 0.407. The van der Waals surface area contributed by atoms with Gasteiger partial charge in [0.15, 0.2) is 0 Å². The predicted octanol–water partition coefficient (Wildman–Crippen LogP) is 3.69. The highest BCUT2D eigenvalue weighted by atomic mass is 16.2. The summed E-state index contributed by atoms with van der Waals surface area (Å²) in [6.45, 7) is 8.47. The van der Waals surface area contributed by atoms with Gasteiger partial charge in [-0.05, 0) is 49.6 Å². The van der Waals surface area contributed by atoms with Crippen molar-refractivity contribution >= 4 is 5.91 Å². The molecule has 6 nitrogen and oxygen atoms in total. The molecule has 1 aliphatic rings. The summed E-state index contributed by atoms with van der Waals surface area (Å²) < 4.78 is 1.87. The Morgan fingerprint density at radius 1 is 1.15 bits per heavy atom. The Morgan fingerprint density at radius 3 is 2.61 bits per heavy atom. The molecule has 1 saturated heterocycles. The summed E-state index contributed by atoms with van der Waals surface area (Å²) in [5.74, 6) is 0.0989. The van der Waals surface area contributed by atoms with Crippen LogP contribution in [0.5, 0.6) is 0 Å². The fourth-order valence-corrected chi connectivity index (χ4v) is 4.66. The molecule has 3 aromatic rings. The molecule has 2 atom stereocenters. The SMILES string of the molecule is CCN(CC(=O)NCCc1cnn(-c2ccccc2)c1)C1CCN(C(C)c2ccccc2)C1. The van der Waals surface area contributed by atoms with Crippen LogP contribution in [-0.4, -0.2) is 64.3 Å². The molecular weight excluding hydrogens is 410 g/mol. The third-order valence-corrected chi connectivity index (χ3v) is 6.69. The van der Waals surface area contributed by atoms with E-state index in [1.165, 1.54) is 5.56 Å². The summed E-state index contributed by atoms with van der Waals surface area (Å²) in [5, 5.41) is 7.53. The van der Waals surface area contributed by atoms with Crippen molar-refractivity contribution < 1.29 is 4.79 Å². The minimum Gasteiger partial charge on any atom is -0.355 e. The van der Waals surface area contributed by atoms with Gasteiger partial charge in [0.25, 0.3) is 0 Å². The molecule has 2 unspecified atom stereocenters. The molecule has 33 heavy (non-hydrogen) atoms. The summed E-state index contributed by atoms with van der Waals surface area (Å²) in [7, 11) is 0. The lowest BCUT2D eigenvalue weighted by Gasteiger charge is -2.29. The van der Waals surface area contributed by atoms with E-state index in [4.69, 9.17) is 0 Å². The zero-order valence-corrected chi connectivity index (χ0v) is 19.7. The van der Waals surface area contributed by atoms with Crippen molar-refractivity contribution in [2.75, 3.05) is 32.7 Å². The number of likely N-dealkylation sites (tertiary alicyclic amines) is 1. The largest absolute Gasteiger partial charge is 0.355 e. The van der Waals surface area contributed by atoms with E-state index in [0.717, 1.165) is 43.7 Å². The first-order valence-corrected chi connectivity index (χ1v) is 12.0. The van der Waals surface area contributed by atoms with Crippen LogP contribution in [0.4, 0.5) is 0 Å². The molecule has 0 radical (unpaired) electrons. The van der Waals surface area contributed by atoms with Crippen LogP contribution in [0.25, 0.3) is 5.69 Å². The molecular formula is C27H35N5O. The van der Waals surface area contributed by atoms with Gasteiger partial charge in [-0.1, -0.05) is 55.5 Å². The molecule has 0 bridgehead atoms. The number of aromatic nitrogens is 2. The molecule has 0 spiro atoms. The second kappa shape index (κ2) is 11.3. The molecule has 4 rings (SSSR count). The maximum Gasteiger partial charge on any atom is 0.234 e. The zero-order chi connectivity index (χ0) is 23.0. The predicted molar refractivity (Wildman–Crippen MR) is 132 cm³/mol. The van der Waals surface area contributed by atoms with Crippen LogP contribution in [-0.2, 0) is 11.2 Å². The second-order valence-electron chi connectivity index (χ2n) is 8.82. The lowest BCUT2D eigenvalue weighted by Crippen LogP contribution is -2.44. The monoisotopic (exact) mass is 445 g/mol. The number of hydrogen-bond donors (Lipinski definition) is 1.